The first-order valence-corrected chi connectivity index (χ1v) is 7.17. The van der Waals surface area contributed by atoms with Gasteiger partial charge < -0.3 is 0 Å². The normalized spacial score (nSPS) is 25.7. The first-order chi connectivity index (χ1) is 9.20. The third kappa shape index (κ3) is 2.34. The van der Waals surface area contributed by atoms with Gasteiger partial charge in [-0.2, -0.15) is 0 Å². The summed E-state index contributed by atoms with van der Waals surface area (Å²) in [6, 6.07) is 3.52. The van der Waals surface area contributed by atoms with Gasteiger partial charge in [0.05, 0.1) is 5.92 Å². The van der Waals surface area contributed by atoms with Crippen LogP contribution in [0, 0.1) is 11.3 Å². The van der Waals surface area contributed by atoms with Gasteiger partial charge >= 0.3 is 0 Å². The van der Waals surface area contributed by atoms with Crippen LogP contribution in [0.2, 0.25) is 0 Å². The first kappa shape index (κ1) is 12.5. The lowest BCUT2D eigenvalue weighted by atomic mass is 9.66. The lowest BCUT2D eigenvalue weighted by molar-refractivity contribution is -0.125. The van der Waals surface area contributed by atoms with E-state index in [1.165, 1.54) is 25.7 Å². The van der Waals surface area contributed by atoms with Crippen LogP contribution in [0.4, 0.5) is 0 Å². The molecule has 3 rings (SSSR count). The zero-order chi connectivity index (χ0) is 13.3. The summed E-state index contributed by atoms with van der Waals surface area (Å²) in [5, 5.41) is 0. The molecule has 2 saturated carbocycles. The van der Waals surface area contributed by atoms with E-state index in [2.05, 4.69) is 4.98 Å². The van der Waals surface area contributed by atoms with Gasteiger partial charge in [0.15, 0.2) is 5.78 Å². The van der Waals surface area contributed by atoms with Gasteiger partial charge in [-0.3, -0.25) is 14.6 Å². The van der Waals surface area contributed by atoms with Crippen LogP contribution in [-0.2, 0) is 4.79 Å². The second-order valence-electron chi connectivity index (χ2n) is 6.04. The van der Waals surface area contributed by atoms with Crippen LogP contribution in [-0.4, -0.2) is 16.6 Å². The monoisotopic (exact) mass is 257 g/mol. The Labute approximate surface area is 113 Å². The minimum Gasteiger partial charge on any atom is -0.299 e. The molecule has 19 heavy (non-hydrogen) atoms. The highest BCUT2D eigenvalue weighted by Crippen LogP contribution is 2.50. The molecule has 0 N–H and O–H groups in total. The lowest BCUT2D eigenvalue weighted by Gasteiger charge is -2.36. The van der Waals surface area contributed by atoms with Gasteiger partial charge in [-0.25, -0.2) is 0 Å². The molecule has 0 bridgehead atoms. The molecule has 3 heteroatoms. The Hall–Kier alpha value is -1.51. The number of carbonyl (C=O) groups excluding carboxylic acids is 2. The zero-order valence-electron chi connectivity index (χ0n) is 11.1. The summed E-state index contributed by atoms with van der Waals surface area (Å²) in [4.78, 5) is 28.6. The quantitative estimate of drug-likeness (QED) is 0.604. The maximum atomic E-state index is 12.5. The number of Topliss-reactive ketones (excluding diaryl/α,β-unsaturated/α-hetero) is 2. The Kier molecular flexibility index (Phi) is 3.21. The largest absolute Gasteiger partial charge is 0.299 e. The number of nitrogens with zero attached hydrogens (tertiary/aromatic N) is 1. The molecule has 0 saturated heterocycles. The van der Waals surface area contributed by atoms with E-state index in [0.29, 0.717) is 12.0 Å². The summed E-state index contributed by atoms with van der Waals surface area (Å²) in [6.07, 6.45) is 10.4. The Bertz CT molecular complexity index is 489. The molecule has 100 valence electrons. The van der Waals surface area contributed by atoms with Gasteiger partial charge in [0.25, 0.3) is 0 Å². The molecule has 0 amide bonds. The molecule has 1 aromatic heterocycles. The van der Waals surface area contributed by atoms with Gasteiger partial charge in [-0.15, -0.1) is 0 Å². The molecule has 1 spiro atoms. The maximum Gasteiger partial charge on any atom is 0.174 e. The summed E-state index contributed by atoms with van der Waals surface area (Å²) in [5.41, 5.74) is 0.854. The molecule has 2 fully saturated rings. The number of aromatic nitrogens is 1. The van der Waals surface area contributed by atoms with Crippen LogP contribution in [0.5, 0.6) is 0 Å². The molecule has 2 aliphatic carbocycles. The minimum atomic E-state index is -0.420. The van der Waals surface area contributed by atoms with Gasteiger partial charge in [0.1, 0.15) is 5.78 Å². The molecule has 2 aliphatic rings. The molecule has 1 heterocycles. The average molecular weight is 257 g/mol. The molecular formula is C16H19NO2. The number of ketones is 2. The molecule has 1 atom stereocenters. The van der Waals surface area contributed by atoms with Gasteiger partial charge in [-0.05, 0) is 43.2 Å². The van der Waals surface area contributed by atoms with Gasteiger partial charge in [0.2, 0.25) is 0 Å². The fourth-order valence-electron chi connectivity index (χ4n) is 3.74. The molecule has 3 nitrogen and oxygen atoms in total. The van der Waals surface area contributed by atoms with Crippen molar-refractivity contribution in [3.8, 4) is 0 Å². The van der Waals surface area contributed by atoms with Crippen molar-refractivity contribution in [3.63, 3.8) is 0 Å². The molecule has 1 aromatic rings. The SMILES string of the molecule is O=C1CCC2(CCCC2)CC1C(=O)c1cccnc1. The highest BCUT2D eigenvalue weighted by molar-refractivity contribution is 6.10. The van der Waals surface area contributed by atoms with E-state index in [-0.39, 0.29) is 17.0 Å². The average Bonchev–Trinajstić information content (AvgIpc) is 2.90. The highest BCUT2D eigenvalue weighted by atomic mass is 16.2. The Morgan fingerprint density at radius 2 is 2.05 bits per heavy atom. The van der Waals surface area contributed by atoms with E-state index in [0.717, 1.165) is 12.8 Å². The van der Waals surface area contributed by atoms with Crippen LogP contribution in [0.1, 0.15) is 55.3 Å². The van der Waals surface area contributed by atoms with Crippen molar-refractivity contribution in [2.24, 2.45) is 11.3 Å². The van der Waals surface area contributed by atoms with Crippen molar-refractivity contribution < 1.29 is 9.59 Å². The summed E-state index contributed by atoms with van der Waals surface area (Å²) < 4.78 is 0. The molecule has 0 aliphatic heterocycles. The number of hydrogen-bond acceptors (Lipinski definition) is 3. The van der Waals surface area contributed by atoms with Crippen molar-refractivity contribution in [3.05, 3.63) is 30.1 Å². The second kappa shape index (κ2) is 4.87. The minimum absolute atomic E-state index is 0.0240. The summed E-state index contributed by atoms with van der Waals surface area (Å²) in [7, 11) is 0. The third-order valence-corrected chi connectivity index (χ3v) is 4.85. The molecule has 0 radical (unpaired) electrons. The Balaban J connectivity index is 1.82. The van der Waals surface area contributed by atoms with Gasteiger partial charge in [0, 0.05) is 24.4 Å². The van der Waals surface area contributed by atoms with Crippen LogP contribution >= 0.6 is 0 Å². The van der Waals surface area contributed by atoms with E-state index in [1.807, 2.05) is 0 Å². The number of hydrogen-bond donors (Lipinski definition) is 0. The molecule has 1 unspecified atom stereocenters. The van der Waals surface area contributed by atoms with E-state index in [9.17, 15) is 9.59 Å². The lowest BCUT2D eigenvalue weighted by Crippen LogP contribution is -2.36. The first-order valence-electron chi connectivity index (χ1n) is 7.17. The summed E-state index contributed by atoms with van der Waals surface area (Å²) >= 11 is 0. The van der Waals surface area contributed by atoms with E-state index < -0.39 is 5.92 Å². The number of rotatable bonds is 2. The fraction of sp³-hybridized carbons (Fsp3) is 0.562. The number of carbonyl (C=O) groups is 2. The van der Waals surface area contributed by atoms with Crippen LogP contribution < -0.4 is 0 Å². The van der Waals surface area contributed by atoms with E-state index in [4.69, 9.17) is 0 Å². The van der Waals surface area contributed by atoms with Gasteiger partial charge in [-0.1, -0.05) is 12.8 Å². The summed E-state index contributed by atoms with van der Waals surface area (Å²) in [6.45, 7) is 0. The smallest absolute Gasteiger partial charge is 0.174 e. The summed E-state index contributed by atoms with van der Waals surface area (Å²) in [5.74, 6) is -0.313. The topological polar surface area (TPSA) is 47.0 Å². The van der Waals surface area contributed by atoms with Crippen molar-refractivity contribution in [1.29, 1.82) is 0 Å². The predicted molar refractivity (Wildman–Crippen MR) is 71.8 cm³/mol. The zero-order valence-corrected chi connectivity index (χ0v) is 11.1. The number of pyridine rings is 1. The fourth-order valence-corrected chi connectivity index (χ4v) is 3.74. The van der Waals surface area contributed by atoms with Crippen LogP contribution in [0.25, 0.3) is 0 Å². The van der Waals surface area contributed by atoms with Crippen molar-refractivity contribution in [2.45, 2.75) is 44.9 Å². The van der Waals surface area contributed by atoms with Crippen LogP contribution in [0.3, 0.4) is 0 Å². The predicted octanol–water partition coefficient (Wildman–Crippen LogP) is 3.19. The van der Waals surface area contributed by atoms with Crippen molar-refractivity contribution >= 4 is 11.6 Å². The maximum absolute atomic E-state index is 12.5. The van der Waals surface area contributed by atoms with E-state index >= 15 is 0 Å². The molecule has 0 aromatic carbocycles. The Morgan fingerprint density at radius 1 is 1.26 bits per heavy atom. The van der Waals surface area contributed by atoms with Crippen LogP contribution in [0.15, 0.2) is 24.5 Å². The molecular weight excluding hydrogens is 238 g/mol. The Morgan fingerprint density at radius 3 is 2.74 bits per heavy atom. The third-order valence-electron chi connectivity index (χ3n) is 4.85. The second-order valence-corrected chi connectivity index (χ2v) is 6.04. The van der Waals surface area contributed by atoms with Crippen molar-refractivity contribution in [1.82, 2.24) is 4.98 Å². The van der Waals surface area contributed by atoms with E-state index in [1.54, 1.807) is 24.5 Å². The van der Waals surface area contributed by atoms with Crippen molar-refractivity contribution in [2.75, 3.05) is 0 Å². The standard InChI is InChI=1S/C16H19NO2/c18-14-5-8-16(6-1-2-7-16)10-13(14)15(19)12-4-3-9-17-11-12/h3-4,9,11,13H,1-2,5-8,10H2. The highest BCUT2D eigenvalue weighted by Gasteiger charge is 2.44.